The second-order valence-electron chi connectivity index (χ2n) is 4.99. The summed E-state index contributed by atoms with van der Waals surface area (Å²) in [6.45, 7) is 3.03. The molecule has 0 aliphatic heterocycles. The van der Waals surface area contributed by atoms with Crippen molar-refractivity contribution in [1.82, 2.24) is 15.1 Å². The molecule has 0 saturated heterocycles. The van der Waals surface area contributed by atoms with Crippen LogP contribution in [0.4, 0.5) is 0 Å². The Balaban J connectivity index is 1.97. The normalized spacial score (nSPS) is 12.9. The molecule has 3 rings (SSSR count). The second kappa shape index (κ2) is 6.30. The number of likely N-dealkylation sites (N-methyl/N-ethyl adjacent to an activating group) is 1. The van der Waals surface area contributed by atoms with Gasteiger partial charge in [0.05, 0.1) is 11.2 Å². The quantitative estimate of drug-likeness (QED) is 0.728. The van der Waals surface area contributed by atoms with Crippen LogP contribution >= 0.6 is 27.3 Å². The molecular formula is C16H18BrN3S. The topological polar surface area (TPSA) is 29.9 Å². The van der Waals surface area contributed by atoms with Crippen LogP contribution in [0.2, 0.25) is 0 Å². The smallest absolute Gasteiger partial charge is 0.0722 e. The molecule has 0 radical (unpaired) electrons. The molecule has 0 amide bonds. The number of hydrogen-bond acceptors (Lipinski definition) is 3. The van der Waals surface area contributed by atoms with E-state index in [1.807, 2.05) is 7.05 Å². The van der Waals surface area contributed by atoms with E-state index in [2.05, 4.69) is 68.6 Å². The summed E-state index contributed by atoms with van der Waals surface area (Å²) in [6, 6.07) is 11.0. The van der Waals surface area contributed by atoms with E-state index in [-0.39, 0.29) is 0 Å². The maximum absolute atomic E-state index is 4.80. The molecule has 0 spiro atoms. The highest BCUT2D eigenvalue weighted by Gasteiger charge is 2.17. The Labute approximate surface area is 137 Å². The lowest BCUT2D eigenvalue weighted by Crippen LogP contribution is -2.18. The maximum Gasteiger partial charge on any atom is 0.0722 e. The summed E-state index contributed by atoms with van der Waals surface area (Å²) in [7, 11) is 2.01. The van der Waals surface area contributed by atoms with Gasteiger partial charge < -0.3 is 5.32 Å². The Morgan fingerprint density at radius 1 is 1.38 bits per heavy atom. The van der Waals surface area contributed by atoms with Gasteiger partial charge in [-0.25, -0.2) is 0 Å². The van der Waals surface area contributed by atoms with E-state index < -0.39 is 0 Å². The summed E-state index contributed by atoms with van der Waals surface area (Å²) < 4.78 is 3.23. The van der Waals surface area contributed by atoms with Crippen molar-refractivity contribution in [2.24, 2.45) is 0 Å². The van der Waals surface area contributed by atoms with Crippen molar-refractivity contribution >= 4 is 38.2 Å². The zero-order chi connectivity index (χ0) is 14.8. The van der Waals surface area contributed by atoms with Gasteiger partial charge in [0.2, 0.25) is 0 Å². The first-order valence-corrected chi connectivity index (χ1v) is 8.75. The minimum absolute atomic E-state index is 0.296. The fourth-order valence-corrected chi connectivity index (χ4v) is 4.19. The average Bonchev–Trinajstić information content (AvgIpc) is 3.09. The van der Waals surface area contributed by atoms with Gasteiger partial charge in [-0.3, -0.25) is 4.68 Å². The lowest BCUT2D eigenvalue weighted by Gasteiger charge is -2.13. The fourth-order valence-electron chi connectivity index (χ4n) is 2.64. The maximum atomic E-state index is 4.80. The number of halogens is 1. The monoisotopic (exact) mass is 363 g/mol. The zero-order valence-electron chi connectivity index (χ0n) is 12.1. The number of aromatic nitrogens is 2. The van der Waals surface area contributed by atoms with Gasteiger partial charge >= 0.3 is 0 Å². The lowest BCUT2D eigenvalue weighted by molar-refractivity contribution is 0.580. The van der Waals surface area contributed by atoms with Gasteiger partial charge in [-0.15, -0.1) is 11.3 Å². The number of thiophene rings is 1. The number of nitrogens with zero attached hydrogens (tertiary/aromatic N) is 2. The Kier molecular flexibility index (Phi) is 4.42. The molecule has 110 valence electrons. The summed E-state index contributed by atoms with van der Waals surface area (Å²) in [5, 5.41) is 11.6. The van der Waals surface area contributed by atoms with Crippen molar-refractivity contribution in [1.29, 1.82) is 0 Å². The Morgan fingerprint density at radius 2 is 2.19 bits per heavy atom. The number of aryl methyl sites for hydroxylation is 1. The molecule has 5 heteroatoms. The Morgan fingerprint density at radius 3 is 2.86 bits per heavy atom. The average molecular weight is 364 g/mol. The first-order chi connectivity index (χ1) is 10.2. The second-order valence-corrected chi connectivity index (χ2v) is 6.85. The van der Waals surface area contributed by atoms with Crippen molar-refractivity contribution < 1.29 is 0 Å². The molecule has 2 aromatic heterocycles. The van der Waals surface area contributed by atoms with Crippen molar-refractivity contribution in [3.8, 4) is 0 Å². The first-order valence-electron chi connectivity index (χ1n) is 7.08. The summed E-state index contributed by atoms with van der Waals surface area (Å²) in [5.74, 6) is 0. The highest BCUT2D eigenvalue weighted by molar-refractivity contribution is 9.10. The van der Waals surface area contributed by atoms with E-state index in [4.69, 9.17) is 5.10 Å². The Bertz CT molecular complexity index is 747. The molecule has 2 heterocycles. The van der Waals surface area contributed by atoms with Gasteiger partial charge in [-0.2, -0.15) is 5.10 Å². The Hall–Kier alpha value is -1.17. The number of para-hydroxylation sites is 1. The molecule has 3 nitrogen and oxygen atoms in total. The molecule has 0 bridgehead atoms. The molecule has 0 saturated carbocycles. The van der Waals surface area contributed by atoms with Gasteiger partial charge in [0.15, 0.2) is 0 Å². The van der Waals surface area contributed by atoms with Gasteiger partial charge in [0.25, 0.3) is 0 Å². The highest BCUT2D eigenvalue weighted by atomic mass is 79.9. The molecule has 21 heavy (non-hydrogen) atoms. The highest BCUT2D eigenvalue weighted by Crippen LogP contribution is 2.29. The predicted molar refractivity (Wildman–Crippen MR) is 92.9 cm³/mol. The minimum Gasteiger partial charge on any atom is -0.312 e. The van der Waals surface area contributed by atoms with Crippen LogP contribution in [-0.4, -0.2) is 16.8 Å². The molecule has 0 aliphatic rings. The van der Waals surface area contributed by atoms with Crippen molar-refractivity contribution in [2.45, 2.75) is 25.9 Å². The van der Waals surface area contributed by atoms with Crippen LogP contribution in [0.25, 0.3) is 10.9 Å². The van der Waals surface area contributed by atoms with E-state index in [0.29, 0.717) is 6.04 Å². The molecule has 3 aromatic rings. The van der Waals surface area contributed by atoms with Gasteiger partial charge in [0, 0.05) is 39.1 Å². The molecule has 1 atom stereocenters. The van der Waals surface area contributed by atoms with Crippen LogP contribution in [0.1, 0.15) is 23.5 Å². The third-order valence-electron chi connectivity index (χ3n) is 3.71. The third-order valence-corrected chi connectivity index (χ3v) is 5.52. The van der Waals surface area contributed by atoms with Crippen molar-refractivity contribution in [3.05, 3.63) is 50.8 Å². The summed E-state index contributed by atoms with van der Waals surface area (Å²) in [5.41, 5.74) is 2.38. The largest absolute Gasteiger partial charge is 0.312 e. The van der Waals surface area contributed by atoms with Crippen LogP contribution in [0.15, 0.2) is 40.2 Å². The summed E-state index contributed by atoms with van der Waals surface area (Å²) >= 11 is 5.31. The number of fused-ring (bicyclic) bond motifs is 1. The summed E-state index contributed by atoms with van der Waals surface area (Å²) in [4.78, 5) is 1.33. The van der Waals surface area contributed by atoms with E-state index in [1.54, 1.807) is 11.3 Å². The fraction of sp³-hybridized carbons (Fsp3) is 0.312. The van der Waals surface area contributed by atoms with E-state index in [1.165, 1.54) is 15.8 Å². The van der Waals surface area contributed by atoms with Crippen molar-refractivity contribution in [3.63, 3.8) is 0 Å². The van der Waals surface area contributed by atoms with Crippen LogP contribution < -0.4 is 5.32 Å². The van der Waals surface area contributed by atoms with E-state index >= 15 is 0 Å². The standard InChI is InChI=1S/C16H18BrN3S/c1-3-20-15-7-5-4-6-12(15)13(19-20)9-14(18-2)16-8-11(17)10-21-16/h4-8,10,14,18H,3,9H2,1-2H3. The molecule has 1 N–H and O–H groups in total. The van der Waals surface area contributed by atoms with Crippen LogP contribution in [0.3, 0.4) is 0 Å². The van der Waals surface area contributed by atoms with Crippen molar-refractivity contribution in [2.75, 3.05) is 7.05 Å². The lowest BCUT2D eigenvalue weighted by atomic mass is 10.1. The van der Waals surface area contributed by atoms with Gasteiger partial charge in [-0.05, 0) is 42.0 Å². The SMILES string of the molecule is CCn1nc(CC(NC)c2cc(Br)cs2)c2ccccc21. The first kappa shape index (κ1) is 14.8. The minimum atomic E-state index is 0.296. The molecule has 0 aliphatic carbocycles. The van der Waals surface area contributed by atoms with Crippen LogP contribution in [0.5, 0.6) is 0 Å². The number of nitrogens with one attached hydrogen (secondary N) is 1. The molecule has 0 fully saturated rings. The van der Waals surface area contributed by atoms with Crippen LogP contribution in [-0.2, 0) is 13.0 Å². The third kappa shape index (κ3) is 2.91. The number of hydrogen-bond donors (Lipinski definition) is 1. The van der Waals surface area contributed by atoms with Gasteiger partial charge in [0.1, 0.15) is 0 Å². The predicted octanol–water partition coefficient (Wildman–Crippen LogP) is 4.38. The molecular weight excluding hydrogens is 346 g/mol. The summed E-state index contributed by atoms with van der Waals surface area (Å²) in [6.07, 6.45) is 0.900. The molecule has 1 unspecified atom stereocenters. The zero-order valence-corrected chi connectivity index (χ0v) is 14.5. The van der Waals surface area contributed by atoms with Crippen LogP contribution in [0, 0.1) is 0 Å². The van der Waals surface area contributed by atoms with E-state index in [9.17, 15) is 0 Å². The van der Waals surface area contributed by atoms with E-state index in [0.717, 1.165) is 23.1 Å². The van der Waals surface area contributed by atoms with Gasteiger partial charge in [-0.1, -0.05) is 18.2 Å². The number of benzene rings is 1. The number of rotatable bonds is 5. The molecule has 1 aromatic carbocycles.